The molecule has 2 aromatic rings. The molecule has 0 saturated carbocycles. The highest BCUT2D eigenvalue weighted by molar-refractivity contribution is 6.15. The van der Waals surface area contributed by atoms with Gasteiger partial charge in [-0.05, 0) is 50.6 Å². The minimum absolute atomic E-state index is 0.159. The number of rotatable bonds is 6. The van der Waals surface area contributed by atoms with Crippen molar-refractivity contribution in [3.63, 3.8) is 0 Å². The molecule has 0 amide bonds. The Labute approximate surface area is 165 Å². The zero-order valence-corrected chi connectivity index (χ0v) is 16.8. The molecule has 5 nitrogen and oxygen atoms in total. The number of carbonyl (C=O) groups excluding carboxylic acids is 1. The van der Waals surface area contributed by atoms with Gasteiger partial charge >= 0.3 is 0 Å². The molecule has 2 aromatic carbocycles. The lowest BCUT2D eigenvalue weighted by molar-refractivity contribution is 0.101. The number of ketones is 1. The maximum Gasteiger partial charge on any atom is 0.232 e. The van der Waals surface area contributed by atoms with Crippen molar-refractivity contribution in [3.05, 3.63) is 64.4 Å². The topological polar surface area (TPSA) is 54.0 Å². The van der Waals surface area contributed by atoms with Crippen molar-refractivity contribution >= 4 is 11.9 Å². The van der Waals surface area contributed by atoms with Gasteiger partial charge in [-0.15, -0.1) is 0 Å². The van der Waals surface area contributed by atoms with Gasteiger partial charge in [-0.3, -0.25) is 4.79 Å². The van der Waals surface area contributed by atoms with Gasteiger partial charge in [0.25, 0.3) is 0 Å². The van der Waals surface area contributed by atoms with Gasteiger partial charge in [0.05, 0.1) is 19.8 Å². The minimum Gasteiger partial charge on any atom is -0.493 e. The maximum atomic E-state index is 12.9. The van der Waals surface area contributed by atoms with Crippen LogP contribution in [0, 0.1) is 6.92 Å². The largest absolute Gasteiger partial charge is 0.493 e. The summed E-state index contributed by atoms with van der Waals surface area (Å²) in [7, 11) is 3.13. The first-order valence-electron chi connectivity index (χ1n) is 9.00. The molecule has 0 fully saturated rings. The van der Waals surface area contributed by atoms with E-state index in [9.17, 15) is 4.79 Å². The molecule has 0 aliphatic carbocycles. The van der Waals surface area contributed by atoms with E-state index in [1.54, 1.807) is 32.4 Å². The Hall–Kier alpha value is -3.21. The molecule has 28 heavy (non-hydrogen) atoms. The van der Waals surface area contributed by atoms with Crippen LogP contribution in [0.25, 0.3) is 6.08 Å². The van der Waals surface area contributed by atoms with E-state index in [1.165, 1.54) is 5.57 Å². The molecule has 1 heterocycles. The van der Waals surface area contributed by atoms with Crippen LogP contribution in [0.2, 0.25) is 0 Å². The molecule has 0 atom stereocenters. The van der Waals surface area contributed by atoms with Crippen molar-refractivity contribution < 1.29 is 23.7 Å². The number of benzene rings is 2. The predicted octanol–water partition coefficient (Wildman–Crippen LogP) is 4.97. The van der Waals surface area contributed by atoms with E-state index in [2.05, 4.69) is 0 Å². The van der Waals surface area contributed by atoms with E-state index >= 15 is 0 Å². The number of aryl methyl sites for hydroxylation is 1. The second-order valence-corrected chi connectivity index (χ2v) is 6.73. The second-order valence-electron chi connectivity index (χ2n) is 6.73. The van der Waals surface area contributed by atoms with Crippen LogP contribution in [0.4, 0.5) is 0 Å². The average molecular weight is 380 g/mol. The van der Waals surface area contributed by atoms with Crippen molar-refractivity contribution in [1.82, 2.24) is 0 Å². The first-order valence-corrected chi connectivity index (χ1v) is 9.00. The Morgan fingerprint density at radius 1 is 1.14 bits per heavy atom. The summed E-state index contributed by atoms with van der Waals surface area (Å²) >= 11 is 0. The van der Waals surface area contributed by atoms with Gasteiger partial charge in [0.1, 0.15) is 18.1 Å². The van der Waals surface area contributed by atoms with Crippen LogP contribution >= 0.6 is 0 Å². The van der Waals surface area contributed by atoms with E-state index in [4.69, 9.17) is 18.9 Å². The highest BCUT2D eigenvalue weighted by Crippen LogP contribution is 2.39. The summed E-state index contributed by atoms with van der Waals surface area (Å²) in [6, 6.07) is 9.08. The summed E-state index contributed by atoms with van der Waals surface area (Å²) in [6.07, 6.45) is 3.67. The fourth-order valence-corrected chi connectivity index (χ4v) is 3.03. The molecular weight excluding hydrogens is 356 g/mol. The molecule has 0 unspecified atom stereocenters. The number of carbonyl (C=O) groups is 1. The van der Waals surface area contributed by atoms with E-state index in [0.717, 1.165) is 5.56 Å². The van der Waals surface area contributed by atoms with Gasteiger partial charge in [-0.25, -0.2) is 0 Å². The third-order valence-electron chi connectivity index (χ3n) is 4.41. The van der Waals surface area contributed by atoms with Crippen LogP contribution in [-0.4, -0.2) is 26.6 Å². The number of para-hydroxylation sites is 1. The molecule has 0 radical (unpaired) electrons. The Kier molecular flexibility index (Phi) is 5.73. The van der Waals surface area contributed by atoms with E-state index in [0.29, 0.717) is 40.7 Å². The summed E-state index contributed by atoms with van der Waals surface area (Å²) < 4.78 is 22.4. The Bertz CT molecular complexity index is 965. The first-order chi connectivity index (χ1) is 13.4. The number of methoxy groups -OCH3 is 2. The molecule has 1 aliphatic rings. The maximum absolute atomic E-state index is 12.9. The molecule has 146 valence electrons. The minimum atomic E-state index is -0.159. The summed E-state index contributed by atoms with van der Waals surface area (Å²) in [5.41, 5.74) is 3.26. The van der Waals surface area contributed by atoms with Gasteiger partial charge in [0, 0.05) is 11.6 Å². The molecule has 0 saturated heterocycles. The van der Waals surface area contributed by atoms with E-state index in [1.807, 2.05) is 45.0 Å². The van der Waals surface area contributed by atoms with Gasteiger partial charge in [-0.1, -0.05) is 17.7 Å². The average Bonchev–Trinajstić information content (AvgIpc) is 2.97. The van der Waals surface area contributed by atoms with Gasteiger partial charge in [0.15, 0.2) is 17.3 Å². The van der Waals surface area contributed by atoms with Crippen molar-refractivity contribution in [3.8, 4) is 23.0 Å². The number of Topliss-reactive ketones (excluding diaryl/α,β-unsaturated/α-hetero) is 1. The molecule has 3 rings (SSSR count). The van der Waals surface area contributed by atoms with Gasteiger partial charge < -0.3 is 18.9 Å². The highest BCUT2D eigenvalue weighted by Gasteiger charge is 2.30. The smallest absolute Gasteiger partial charge is 0.232 e. The second kappa shape index (κ2) is 8.21. The summed E-state index contributed by atoms with van der Waals surface area (Å²) in [6.45, 7) is 6.38. The van der Waals surface area contributed by atoms with E-state index in [-0.39, 0.29) is 11.5 Å². The monoisotopic (exact) mass is 380 g/mol. The lowest BCUT2D eigenvalue weighted by atomic mass is 10.0. The fourth-order valence-electron chi connectivity index (χ4n) is 3.03. The van der Waals surface area contributed by atoms with E-state index < -0.39 is 0 Å². The summed E-state index contributed by atoms with van der Waals surface area (Å²) in [5, 5.41) is 0. The molecular formula is C23H24O5. The standard InChI is InChI=1S/C23H24O5/c1-14(2)9-10-27-17-11-15(3)21-19(13-17)28-20(22(21)24)12-16-7-6-8-18(25-4)23(16)26-5/h6-9,11-13H,10H2,1-5H3/b20-12-. The molecule has 1 aliphatic heterocycles. The van der Waals surface area contributed by atoms with Gasteiger partial charge in [-0.2, -0.15) is 0 Å². The van der Waals surface area contributed by atoms with Crippen LogP contribution in [-0.2, 0) is 0 Å². The SMILES string of the molecule is COc1cccc(/C=C2\Oc3cc(OCC=C(C)C)cc(C)c3C2=O)c1OC. The normalized spacial score (nSPS) is 13.8. The molecule has 0 bridgehead atoms. The Balaban J connectivity index is 1.93. The third kappa shape index (κ3) is 3.88. The first kappa shape index (κ1) is 19.5. The predicted molar refractivity (Wildman–Crippen MR) is 109 cm³/mol. The molecule has 5 heteroatoms. The van der Waals surface area contributed by atoms with Gasteiger partial charge in [0.2, 0.25) is 5.78 Å². The number of fused-ring (bicyclic) bond motifs is 1. The van der Waals surface area contributed by atoms with Crippen molar-refractivity contribution in [2.24, 2.45) is 0 Å². The van der Waals surface area contributed by atoms with Crippen LogP contribution in [0.5, 0.6) is 23.0 Å². The number of ether oxygens (including phenoxy) is 4. The molecule has 0 aromatic heterocycles. The zero-order chi connectivity index (χ0) is 20.3. The van der Waals surface area contributed by atoms with Crippen LogP contribution < -0.4 is 18.9 Å². The van der Waals surface area contributed by atoms with Crippen molar-refractivity contribution in [2.45, 2.75) is 20.8 Å². The Morgan fingerprint density at radius 3 is 2.61 bits per heavy atom. The highest BCUT2D eigenvalue weighted by atomic mass is 16.5. The zero-order valence-electron chi connectivity index (χ0n) is 16.8. The van der Waals surface area contributed by atoms with Crippen LogP contribution in [0.15, 0.2) is 47.7 Å². The molecule has 0 N–H and O–H groups in total. The Morgan fingerprint density at radius 2 is 1.93 bits per heavy atom. The van der Waals surface area contributed by atoms with Crippen LogP contribution in [0.3, 0.4) is 0 Å². The number of hydrogen-bond acceptors (Lipinski definition) is 5. The number of hydrogen-bond donors (Lipinski definition) is 0. The van der Waals surface area contributed by atoms with Crippen LogP contribution in [0.1, 0.15) is 35.3 Å². The third-order valence-corrected chi connectivity index (χ3v) is 4.41. The fraction of sp³-hybridized carbons (Fsp3) is 0.261. The number of allylic oxidation sites excluding steroid dienone is 2. The lowest BCUT2D eigenvalue weighted by Gasteiger charge is -2.10. The quantitative estimate of drug-likeness (QED) is 0.523. The van der Waals surface area contributed by atoms with Crippen molar-refractivity contribution in [1.29, 1.82) is 0 Å². The molecule has 0 spiro atoms. The lowest BCUT2D eigenvalue weighted by Crippen LogP contribution is -2.01. The summed E-state index contributed by atoms with van der Waals surface area (Å²) in [4.78, 5) is 12.9. The summed E-state index contributed by atoms with van der Waals surface area (Å²) in [5.74, 6) is 2.39. The van der Waals surface area contributed by atoms with Crippen molar-refractivity contribution in [2.75, 3.05) is 20.8 Å².